The number of aliphatic hydroxyl groups excluding tert-OH is 2. The van der Waals surface area contributed by atoms with E-state index in [1.54, 1.807) is 6.08 Å². The number of hydrogen-bond acceptors (Lipinski definition) is 3. The van der Waals surface area contributed by atoms with E-state index in [9.17, 15) is 15.0 Å². The van der Waals surface area contributed by atoms with Crippen LogP contribution < -0.4 is 0 Å². The normalized spacial score (nSPS) is 13.4. The molecule has 0 saturated heterocycles. The van der Waals surface area contributed by atoms with Gasteiger partial charge in [0.1, 0.15) is 0 Å². The first-order valence-corrected chi connectivity index (χ1v) is 9.61. The molecule has 0 rings (SSSR count). The summed E-state index contributed by atoms with van der Waals surface area (Å²) >= 11 is 0. The van der Waals surface area contributed by atoms with Gasteiger partial charge in [0.25, 0.3) is 0 Å². The summed E-state index contributed by atoms with van der Waals surface area (Å²) in [5.74, 6) is -1.53. The fourth-order valence-electron chi connectivity index (χ4n) is 2.35. The van der Waals surface area contributed by atoms with Gasteiger partial charge in [-0.2, -0.15) is 0 Å². The summed E-state index contributed by atoms with van der Waals surface area (Å²) in [5, 5.41) is 27.7. The van der Waals surface area contributed by atoms with Crippen LogP contribution >= 0.6 is 0 Å². The molecular formula is C22H34O4. The van der Waals surface area contributed by atoms with Crippen molar-refractivity contribution in [1.29, 1.82) is 0 Å². The standard InChI is InChI=1S/C22H34O4/c1-2-3-4-5-6-7-8-9-10-11-12-14-17-20(23)21(24)18-15-13-16-19-22(25)26/h12-19,23-24H,2-11H2,1H3,(H,25,26). The minimum absolute atomic E-state index is 0.222. The molecule has 0 bridgehead atoms. The summed E-state index contributed by atoms with van der Waals surface area (Å²) in [6.45, 7) is 2.24. The van der Waals surface area contributed by atoms with Crippen molar-refractivity contribution >= 4 is 5.97 Å². The van der Waals surface area contributed by atoms with E-state index in [2.05, 4.69) is 6.92 Å². The Balaban J connectivity index is 3.84. The number of aliphatic carboxylic acids is 1. The van der Waals surface area contributed by atoms with Gasteiger partial charge in [0.15, 0.2) is 11.5 Å². The molecule has 26 heavy (non-hydrogen) atoms. The molecule has 0 aliphatic heterocycles. The van der Waals surface area contributed by atoms with Crippen molar-refractivity contribution in [3.63, 3.8) is 0 Å². The molecule has 4 nitrogen and oxygen atoms in total. The summed E-state index contributed by atoms with van der Waals surface area (Å²) in [6, 6.07) is 0. The molecule has 3 N–H and O–H groups in total. The average molecular weight is 363 g/mol. The van der Waals surface area contributed by atoms with Crippen LogP contribution in [0.2, 0.25) is 0 Å². The average Bonchev–Trinajstić information content (AvgIpc) is 2.61. The van der Waals surface area contributed by atoms with Crippen LogP contribution in [0.1, 0.15) is 71.1 Å². The van der Waals surface area contributed by atoms with E-state index < -0.39 is 5.97 Å². The van der Waals surface area contributed by atoms with Crippen molar-refractivity contribution in [3.05, 3.63) is 60.1 Å². The zero-order chi connectivity index (χ0) is 19.5. The highest BCUT2D eigenvalue weighted by atomic mass is 16.4. The van der Waals surface area contributed by atoms with Gasteiger partial charge in [-0.15, -0.1) is 0 Å². The Hall–Kier alpha value is -2.23. The molecule has 0 radical (unpaired) electrons. The Bertz CT molecular complexity index is 510. The molecular weight excluding hydrogens is 328 g/mol. The summed E-state index contributed by atoms with van der Waals surface area (Å²) in [4.78, 5) is 10.3. The number of carboxylic acids is 1. The van der Waals surface area contributed by atoms with Crippen LogP contribution in [0, 0.1) is 0 Å². The molecule has 0 atom stereocenters. The molecule has 0 spiro atoms. The van der Waals surface area contributed by atoms with Crippen molar-refractivity contribution in [1.82, 2.24) is 0 Å². The first kappa shape index (κ1) is 23.8. The maximum Gasteiger partial charge on any atom is 0.328 e. The fourth-order valence-corrected chi connectivity index (χ4v) is 2.35. The molecule has 0 amide bonds. The predicted molar refractivity (Wildman–Crippen MR) is 108 cm³/mol. The van der Waals surface area contributed by atoms with Crippen LogP contribution in [-0.4, -0.2) is 21.3 Å². The number of aliphatic hydroxyl groups is 2. The lowest BCUT2D eigenvalue weighted by Gasteiger charge is -2.00. The third-order valence-electron chi connectivity index (χ3n) is 3.84. The van der Waals surface area contributed by atoms with E-state index in [-0.39, 0.29) is 11.5 Å². The summed E-state index contributed by atoms with van der Waals surface area (Å²) < 4.78 is 0. The minimum atomic E-state index is -1.04. The van der Waals surface area contributed by atoms with Crippen LogP contribution in [-0.2, 0) is 4.79 Å². The molecule has 0 aromatic rings. The van der Waals surface area contributed by atoms with Crippen molar-refractivity contribution in [3.8, 4) is 0 Å². The van der Waals surface area contributed by atoms with Crippen LogP contribution in [0.4, 0.5) is 0 Å². The van der Waals surface area contributed by atoms with E-state index in [0.29, 0.717) is 0 Å². The largest absolute Gasteiger partial charge is 0.504 e. The molecule has 0 saturated carbocycles. The van der Waals surface area contributed by atoms with Gasteiger partial charge in [0.2, 0.25) is 0 Å². The Morgan fingerprint density at radius 1 is 0.692 bits per heavy atom. The lowest BCUT2D eigenvalue weighted by Crippen LogP contribution is -1.85. The van der Waals surface area contributed by atoms with Gasteiger partial charge in [0, 0.05) is 6.08 Å². The van der Waals surface area contributed by atoms with E-state index in [1.807, 2.05) is 6.08 Å². The Labute approximate surface area is 157 Å². The van der Waals surface area contributed by atoms with E-state index >= 15 is 0 Å². The third kappa shape index (κ3) is 16.6. The highest BCUT2D eigenvalue weighted by Crippen LogP contribution is 2.11. The third-order valence-corrected chi connectivity index (χ3v) is 3.84. The van der Waals surface area contributed by atoms with Gasteiger partial charge >= 0.3 is 5.97 Å². The second-order valence-corrected chi connectivity index (χ2v) is 6.23. The minimum Gasteiger partial charge on any atom is -0.504 e. The van der Waals surface area contributed by atoms with Crippen molar-refractivity contribution in [2.24, 2.45) is 0 Å². The zero-order valence-electron chi connectivity index (χ0n) is 15.9. The summed E-state index contributed by atoms with van der Waals surface area (Å²) in [7, 11) is 0. The van der Waals surface area contributed by atoms with E-state index in [0.717, 1.165) is 18.9 Å². The first-order valence-electron chi connectivity index (χ1n) is 9.61. The quantitative estimate of drug-likeness (QED) is 0.134. The van der Waals surface area contributed by atoms with Crippen molar-refractivity contribution in [2.45, 2.75) is 71.1 Å². The van der Waals surface area contributed by atoms with Gasteiger partial charge in [-0.3, -0.25) is 0 Å². The second kappa shape index (κ2) is 17.6. The molecule has 0 aliphatic rings. The van der Waals surface area contributed by atoms with Gasteiger partial charge in [0.05, 0.1) is 0 Å². The number of allylic oxidation sites excluding steroid dienone is 7. The molecule has 0 aromatic heterocycles. The van der Waals surface area contributed by atoms with Crippen LogP contribution in [0.5, 0.6) is 0 Å². The maximum atomic E-state index is 10.3. The fraction of sp³-hybridized carbons (Fsp3) is 0.500. The topological polar surface area (TPSA) is 77.8 Å². The molecule has 0 unspecified atom stereocenters. The van der Waals surface area contributed by atoms with Gasteiger partial charge in [-0.05, 0) is 25.0 Å². The van der Waals surface area contributed by atoms with Gasteiger partial charge in [-0.1, -0.05) is 88.7 Å². The van der Waals surface area contributed by atoms with Crippen LogP contribution in [0.25, 0.3) is 0 Å². The highest BCUT2D eigenvalue weighted by molar-refractivity contribution is 5.80. The maximum absolute atomic E-state index is 10.3. The molecule has 0 aromatic carbocycles. The SMILES string of the molecule is CCCCCCCCCCCC=CC=C(O)C(O)=CC=CC=CC(=O)O. The molecule has 4 heteroatoms. The number of carbonyl (C=O) groups is 1. The molecule has 0 heterocycles. The number of carboxylic acid groups (broad SMARTS) is 1. The van der Waals surface area contributed by atoms with Crippen molar-refractivity contribution < 1.29 is 20.1 Å². The van der Waals surface area contributed by atoms with Gasteiger partial charge < -0.3 is 15.3 Å². The monoisotopic (exact) mass is 362 g/mol. The highest BCUT2D eigenvalue weighted by Gasteiger charge is 1.95. The summed E-state index contributed by atoms with van der Waals surface area (Å²) in [5.41, 5.74) is 0. The van der Waals surface area contributed by atoms with Crippen LogP contribution in [0.15, 0.2) is 60.1 Å². The Morgan fingerprint density at radius 3 is 1.81 bits per heavy atom. The van der Waals surface area contributed by atoms with E-state index in [4.69, 9.17) is 5.11 Å². The Kier molecular flexibility index (Phi) is 16.1. The zero-order valence-corrected chi connectivity index (χ0v) is 15.9. The molecule has 0 fully saturated rings. The number of hydrogen-bond donors (Lipinski definition) is 3. The number of rotatable bonds is 15. The predicted octanol–water partition coefficient (Wildman–Crippen LogP) is 6.54. The molecule has 0 aliphatic carbocycles. The lowest BCUT2D eigenvalue weighted by atomic mass is 10.1. The smallest absolute Gasteiger partial charge is 0.328 e. The van der Waals surface area contributed by atoms with E-state index in [1.165, 1.54) is 81.7 Å². The first-order chi connectivity index (χ1) is 12.6. The second-order valence-electron chi connectivity index (χ2n) is 6.23. The Morgan fingerprint density at radius 2 is 1.23 bits per heavy atom. The molecule has 146 valence electrons. The lowest BCUT2D eigenvalue weighted by molar-refractivity contribution is -0.131. The van der Waals surface area contributed by atoms with Crippen molar-refractivity contribution in [2.75, 3.05) is 0 Å². The van der Waals surface area contributed by atoms with Gasteiger partial charge in [-0.25, -0.2) is 4.79 Å². The number of unbranched alkanes of at least 4 members (excludes halogenated alkanes) is 9. The van der Waals surface area contributed by atoms with Crippen LogP contribution in [0.3, 0.4) is 0 Å². The summed E-state index contributed by atoms with van der Waals surface area (Å²) in [6.07, 6.45) is 24.3.